The molecular formula is C42H64N4O16. The number of carbonyl (C=O) groups excluding carboxylic acids is 8. The van der Waals surface area contributed by atoms with Gasteiger partial charge in [-0.25, -0.2) is 19.2 Å². The van der Waals surface area contributed by atoms with Gasteiger partial charge in [0.05, 0.1) is 26.2 Å². The Bertz CT molecular complexity index is 1640. The number of carboxylic acids is 1. The third-order valence-electron chi connectivity index (χ3n) is 8.33. The van der Waals surface area contributed by atoms with Crippen molar-refractivity contribution in [2.75, 3.05) is 52.6 Å². The number of carbonyl (C=O) groups is 9. The van der Waals surface area contributed by atoms with E-state index < -0.39 is 78.3 Å². The third kappa shape index (κ3) is 25.7. The topological polar surface area (TPSA) is 271 Å². The van der Waals surface area contributed by atoms with E-state index in [1.807, 2.05) is 30.3 Å². The molecule has 0 aliphatic rings. The second kappa shape index (κ2) is 27.9. The van der Waals surface area contributed by atoms with Crippen LogP contribution in [0.2, 0.25) is 0 Å². The molecule has 0 saturated carbocycles. The predicted octanol–water partition coefficient (Wildman–Crippen LogP) is 2.70. The molecule has 0 heterocycles. The quantitative estimate of drug-likeness (QED) is 0.0731. The minimum Gasteiger partial charge on any atom is -0.480 e. The number of carboxylic acid groups (broad SMARTS) is 1. The van der Waals surface area contributed by atoms with Gasteiger partial charge in [-0.2, -0.15) is 0 Å². The third-order valence-corrected chi connectivity index (χ3v) is 8.33. The SMILES string of the molecule is CC(=O)CCC(=O)N(CCOC(=O)CC[C@H](NC(=O)OC(C)(C)C)C(=O)O)CCOC(=O)[C@H](CCC(=O)OCCN(CCO)C(=O)CCc1ccccc1)NC(=O)OC(C)(C)C. The van der Waals surface area contributed by atoms with Crippen LogP contribution in [0.25, 0.3) is 0 Å². The van der Waals surface area contributed by atoms with Gasteiger partial charge in [0.25, 0.3) is 0 Å². The Morgan fingerprint density at radius 1 is 0.613 bits per heavy atom. The standard InChI is InChI=1S/C42H64N4O16/c1-29(48)13-17-33(49)46(23-27-59-35(51)19-15-31(37(53)54)43-39(56)61-41(2,3)4)24-28-60-38(55)32(44-40(57)62-42(5,6)7)16-20-36(52)58-26-22-45(21-25-47)34(50)18-14-30-11-9-8-10-12-30/h8-12,31-32,47H,13-28H2,1-7H3,(H,43,56)(H,44,57)(H,53,54)/t31-,32-/m0/s1. The maximum Gasteiger partial charge on any atom is 0.408 e. The van der Waals surface area contributed by atoms with Gasteiger partial charge >= 0.3 is 36.1 Å². The molecule has 2 atom stereocenters. The first kappa shape index (κ1) is 54.2. The first-order chi connectivity index (χ1) is 29.0. The largest absolute Gasteiger partial charge is 0.480 e. The number of amides is 4. The fraction of sp³-hybridized carbons (Fsp3) is 0.643. The van der Waals surface area contributed by atoms with Crippen molar-refractivity contribution in [1.29, 1.82) is 0 Å². The molecule has 4 N–H and O–H groups in total. The average molecular weight is 881 g/mol. The van der Waals surface area contributed by atoms with Gasteiger partial charge in [0.15, 0.2) is 0 Å². The fourth-order valence-electron chi connectivity index (χ4n) is 5.31. The summed E-state index contributed by atoms with van der Waals surface area (Å²) in [6.45, 7) is 9.30. The molecular weight excluding hydrogens is 816 g/mol. The number of Topliss-reactive ketones (excluding diaryl/α,β-unsaturated/α-hetero) is 1. The number of hydrogen-bond acceptors (Lipinski definition) is 15. The van der Waals surface area contributed by atoms with E-state index in [0.29, 0.717) is 6.42 Å². The van der Waals surface area contributed by atoms with Crippen LogP contribution in [0.15, 0.2) is 30.3 Å². The molecule has 0 bridgehead atoms. The second-order valence-electron chi connectivity index (χ2n) is 16.1. The van der Waals surface area contributed by atoms with Crippen LogP contribution in [-0.2, 0) is 63.7 Å². The highest BCUT2D eigenvalue weighted by molar-refractivity contribution is 5.84. The van der Waals surface area contributed by atoms with Gasteiger partial charge in [0.2, 0.25) is 11.8 Å². The summed E-state index contributed by atoms with van der Waals surface area (Å²) < 4.78 is 26.2. The van der Waals surface area contributed by atoms with E-state index in [2.05, 4.69) is 10.6 Å². The fourth-order valence-corrected chi connectivity index (χ4v) is 5.31. The van der Waals surface area contributed by atoms with Gasteiger partial charge in [0, 0.05) is 38.6 Å². The van der Waals surface area contributed by atoms with Gasteiger partial charge in [0.1, 0.15) is 48.9 Å². The number of aryl methyl sites for hydroxylation is 1. The van der Waals surface area contributed by atoms with Gasteiger partial charge < -0.3 is 59.1 Å². The van der Waals surface area contributed by atoms with Crippen LogP contribution in [0.4, 0.5) is 9.59 Å². The van der Waals surface area contributed by atoms with Crippen molar-refractivity contribution in [2.45, 2.75) is 123 Å². The van der Waals surface area contributed by atoms with Crippen LogP contribution >= 0.6 is 0 Å². The first-order valence-corrected chi connectivity index (χ1v) is 20.4. The van der Waals surface area contributed by atoms with E-state index in [0.717, 1.165) is 5.56 Å². The number of benzene rings is 1. The molecule has 0 radical (unpaired) electrons. The summed E-state index contributed by atoms with van der Waals surface area (Å²) in [7, 11) is 0. The first-order valence-electron chi connectivity index (χ1n) is 20.4. The number of rotatable bonds is 27. The molecule has 0 fully saturated rings. The van der Waals surface area contributed by atoms with E-state index in [1.165, 1.54) is 16.7 Å². The molecule has 0 aromatic heterocycles. The lowest BCUT2D eigenvalue weighted by Gasteiger charge is -2.25. The summed E-state index contributed by atoms with van der Waals surface area (Å²) in [5.74, 6) is -4.96. The predicted molar refractivity (Wildman–Crippen MR) is 220 cm³/mol. The summed E-state index contributed by atoms with van der Waals surface area (Å²) in [5.41, 5.74) is -0.847. The van der Waals surface area contributed by atoms with E-state index in [1.54, 1.807) is 41.5 Å². The summed E-state index contributed by atoms with van der Waals surface area (Å²) in [6.07, 6.45) is -2.92. The van der Waals surface area contributed by atoms with Crippen LogP contribution in [0.1, 0.15) is 99.0 Å². The number of nitrogens with zero attached hydrogens (tertiary/aromatic N) is 2. The van der Waals surface area contributed by atoms with Crippen LogP contribution in [0, 0.1) is 0 Å². The molecule has 1 aromatic carbocycles. The highest BCUT2D eigenvalue weighted by Crippen LogP contribution is 2.11. The lowest BCUT2D eigenvalue weighted by Crippen LogP contribution is -2.45. The molecule has 1 aromatic rings. The maximum atomic E-state index is 13.2. The Balaban J connectivity index is 2.84. The molecule has 348 valence electrons. The van der Waals surface area contributed by atoms with Crippen LogP contribution in [0.3, 0.4) is 0 Å². The zero-order valence-electron chi connectivity index (χ0n) is 36.9. The Morgan fingerprint density at radius 3 is 1.53 bits per heavy atom. The number of hydrogen-bond donors (Lipinski definition) is 4. The number of ketones is 1. The van der Waals surface area contributed by atoms with Crippen molar-refractivity contribution in [1.82, 2.24) is 20.4 Å². The molecule has 20 nitrogen and oxygen atoms in total. The molecule has 20 heteroatoms. The van der Waals surface area contributed by atoms with Gasteiger partial charge in [-0.05, 0) is 73.3 Å². The number of aliphatic carboxylic acids is 1. The summed E-state index contributed by atoms with van der Waals surface area (Å²) in [6, 6.07) is 6.54. The minimum atomic E-state index is -1.45. The molecule has 0 saturated heterocycles. The van der Waals surface area contributed by atoms with E-state index in [4.69, 9.17) is 23.7 Å². The number of aliphatic hydroxyl groups is 1. The Hall–Kier alpha value is -5.79. The minimum absolute atomic E-state index is 0.0148. The molecule has 0 spiro atoms. The van der Waals surface area contributed by atoms with Crippen molar-refractivity contribution in [3.63, 3.8) is 0 Å². The number of alkyl carbamates (subject to hydrolysis) is 2. The van der Waals surface area contributed by atoms with E-state index in [-0.39, 0.29) is 96.2 Å². The average Bonchev–Trinajstić information content (AvgIpc) is 3.16. The summed E-state index contributed by atoms with van der Waals surface area (Å²) in [5, 5.41) is 23.5. The number of esters is 3. The summed E-state index contributed by atoms with van der Waals surface area (Å²) in [4.78, 5) is 115. The molecule has 0 aliphatic carbocycles. The van der Waals surface area contributed by atoms with Gasteiger partial charge in [-0.1, -0.05) is 30.3 Å². The Morgan fingerprint density at radius 2 is 1.06 bits per heavy atom. The van der Waals surface area contributed by atoms with Crippen molar-refractivity contribution in [2.24, 2.45) is 0 Å². The zero-order valence-corrected chi connectivity index (χ0v) is 36.9. The highest BCUT2D eigenvalue weighted by Gasteiger charge is 2.28. The molecule has 4 amide bonds. The number of nitrogens with one attached hydrogen (secondary N) is 2. The van der Waals surface area contributed by atoms with Crippen molar-refractivity contribution < 1.29 is 77.0 Å². The normalized spacial score (nSPS) is 12.1. The zero-order chi connectivity index (χ0) is 46.9. The number of ether oxygens (including phenoxy) is 5. The monoisotopic (exact) mass is 880 g/mol. The van der Waals surface area contributed by atoms with Crippen molar-refractivity contribution >= 4 is 53.7 Å². The van der Waals surface area contributed by atoms with E-state index in [9.17, 15) is 53.4 Å². The lowest BCUT2D eigenvalue weighted by atomic mass is 10.1. The lowest BCUT2D eigenvalue weighted by molar-refractivity contribution is -0.150. The molecule has 0 aliphatic heterocycles. The second-order valence-corrected chi connectivity index (χ2v) is 16.1. The Kier molecular flexibility index (Phi) is 24.4. The Labute approximate surface area is 362 Å². The van der Waals surface area contributed by atoms with E-state index >= 15 is 0 Å². The van der Waals surface area contributed by atoms with Crippen molar-refractivity contribution in [3.05, 3.63) is 35.9 Å². The van der Waals surface area contributed by atoms with Crippen LogP contribution in [0.5, 0.6) is 0 Å². The summed E-state index contributed by atoms with van der Waals surface area (Å²) >= 11 is 0. The van der Waals surface area contributed by atoms with Crippen LogP contribution < -0.4 is 10.6 Å². The smallest absolute Gasteiger partial charge is 0.408 e. The maximum absolute atomic E-state index is 13.2. The highest BCUT2D eigenvalue weighted by atomic mass is 16.6. The van der Waals surface area contributed by atoms with Gasteiger partial charge in [-0.3, -0.25) is 19.2 Å². The number of aliphatic hydroxyl groups excluding tert-OH is 1. The van der Waals surface area contributed by atoms with Crippen molar-refractivity contribution in [3.8, 4) is 0 Å². The van der Waals surface area contributed by atoms with Gasteiger partial charge in [-0.15, -0.1) is 0 Å². The molecule has 62 heavy (non-hydrogen) atoms. The van der Waals surface area contributed by atoms with Crippen LogP contribution in [-0.4, -0.2) is 150 Å². The molecule has 1 rings (SSSR count). The molecule has 0 unspecified atom stereocenters.